The van der Waals surface area contributed by atoms with E-state index in [-0.39, 0.29) is 28.9 Å². The zero-order valence-corrected chi connectivity index (χ0v) is 13.3. The zero-order valence-electron chi connectivity index (χ0n) is 12.5. The van der Waals surface area contributed by atoms with Gasteiger partial charge in [0.15, 0.2) is 5.65 Å². The third kappa shape index (κ3) is 2.43. The number of rotatable bonds is 3. The van der Waals surface area contributed by atoms with Crippen molar-refractivity contribution in [3.05, 3.63) is 57.1 Å². The predicted octanol–water partition coefficient (Wildman–Crippen LogP) is 2.39. The molecule has 0 aliphatic carbocycles. The lowest BCUT2D eigenvalue weighted by Gasteiger charge is -2.12. The molecule has 1 N–H and O–H groups in total. The van der Waals surface area contributed by atoms with E-state index in [1.54, 1.807) is 31.2 Å². The number of fused-ring (bicyclic) bond motifs is 1. The molecular weight excluding hydrogens is 332 g/mol. The van der Waals surface area contributed by atoms with Crippen molar-refractivity contribution in [2.75, 3.05) is 6.61 Å². The van der Waals surface area contributed by atoms with Crippen molar-refractivity contribution in [2.24, 2.45) is 0 Å². The largest absolute Gasteiger partial charge is 0.462 e. The number of esters is 1. The monoisotopic (exact) mass is 342 g/mol. The van der Waals surface area contributed by atoms with Crippen LogP contribution in [0.1, 0.15) is 22.8 Å². The van der Waals surface area contributed by atoms with E-state index < -0.39 is 11.5 Å². The van der Waals surface area contributed by atoms with Crippen LogP contribution in [-0.2, 0) is 4.74 Å². The van der Waals surface area contributed by atoms with E-state index in [0.717, 1.165) is 4.52 Å². The molecule has 0 saturated carbocycles. The number of hydrogen-bond donors (Lipinski definition) is 1. The molecule has 8 heteroatoms. The first-order valence-electron chi connectivity index (χ1n) is 7.03. The molecule has 2 heterocycles. The lowest BCUT2D eigenvalue weighted by atomic mass is 9.96. The molecule has 120 valence electrons. The fourth-order valence-electron chi connectivity index (χ4n) is 2.46. The van der Waals surface area contributed by atoms with Crippen LogP contribution in [-0.4, -0.2) is 27.2 Å². The van der Waals surface area contributed by atoms with E-state index in [1.165, 1.54) is 6.33 Å². The molecule has 3 rings (SSSR count). The summed E-state index contributed by atoms with van der Waals surface area (Å²) in [5.41, 5.74) is 0.0652. The molecule has 1 aromatic carbocycles. The number of nitriles is 1. The highest BCUT2D eigenvalue weighted by Gasteiger charge is 2.26. The van der Waals surface area contributed by atoms with Gasteiger partial charge in [0.25, 0.3) is 5.56 Å². The van der Waals surface area contributed by atoms with Gasteiger partial charge in [0, 0.05) is 10.6 Å². The highest BCUT2D eigenvalue weighted by atomic mass is 35.5. The van der Waals surface area contributed by atoms with Crippen molar-refractivity contribution < 1.29 is 9.53 Å². The summed E-state index contributed by atoms with van der Waals surface area (Å²) in [5.74, 6) is -0.663. The number of hydrogen-bond acceptors (Lipinski definition) is 5. The predicted molar refractivity (Wildman–Crippen MR) is 86.9 cm³/mol. The molecule has 0 fully saturated rings. The Morgan fingerprint density at radius 1 is 1.42 bits per heavy atom. The second-order valence-electron chi connectivity index (χ2n) is 4.82. The minimum absolute atomic E-state index is 0.0524. The van der Waals surface area contributed by atoms with Crippen LogP contribution >= 0.6 is 11.6 Å². The maximum atomic E-state index is 12.5. The quantitative estimate of drug-likeness (QED) is 0.736. The van der Waals surface area contributed by atoms with E-state index in [4.69, 9.17) is 16.3 Å². The topological polar surface area (TPSA) is 100 Å². The summed E-state index contributed by atoms with van der Waals surface area (Å²) in [4.78, 5) is 29.0. The second-order valence-corrected chi connectivity index (χ2v) is 5.25. The van der Waals surface area contributed by atoms with Gasteiger partial charge in [0.05, 0.1) is 6.61 Å². The van der Waals surface area contributed by atoms with Gasteiger partial charge >= 0.3 is 5.97 Å². The zero-order chi connectivity index (χ0) is 17.3. The number of carbonyl (C=O) groups is 1. The third-order valence-corrected chi connectivity index (χ3v) is 3.70. The van der Waals surface area contributed by atoms with Gasteiger partial charge in [0.2, 0.25) is 0 Å². The summed E-state index contributed by atoms with van der Waals surface area (Å²) >= 11 is 5.89. The molecule has 0 spiro atoms. The highest BCUT2D eigenvalue weighted by Crippen LogP contribution is 2.29. The van der Waals surface area contributed by atoms with E-state index >= 15 is 0 Å². The Hall–Kier alpha value is -3.11. The number of H-pyrrole nitrogens is 1. The average Bonchev–Trinajstić information content (AvgIpc) is 3.05. The molecule has 0 amide bonds. The third-order valence-electron chi connectivity index (χ3n) is 3.45. The lowest BCUT2D eigenvalue weighted by Crippen LogP contribution is -2.23. The SMILES string of the molecule is CCOC(=O)c1c(-c2ccc(Cl)cc2)c(C#N)c(=O)n2[nH]cnc12. The number of pyridine rings is 1. The number of nitrogens with one attached hydrogen (secondary N) is 1. The van der Waals surface area contributed by atoms with Crippen molar-refractivity contribution in [3.63, 3.8) is 0 Å². The summed E-state index contributed by atoms with van der Waals surface area (Å²) in [6.07, 6.45) is 1.27. The smallest absolute Gasteiger partial charge is 0.342 e. The van der Waals surface area contributed by atoms with Gasteiger partial charge in [-0.05, 0) is 24.6 Å². The van der Waals surface area contributed by atoms with Gasteiger partial charge in [-0.25, -0.2) is 9.78 Å². The first-order chi connectivity index (χ1) is 11.6. The summed E-state index contributed by atoms with van der Waals surface area (Å²) in [7, 11) is 0. The number of halogens is 1. The van der Waals surface area contributed by atoms with Gasteiger partial charge in [-0.1, -0.05) is 23.7 Å². The molecule has 0 bridgehead atoms. The molecule has 2 aromatic heterocycles. The first-order valence-corrected chi connectivity index (χ1v) is 7.41. The minimum Gasteiger partial charge on any atom is -0.462 e. The number of carbonyl (C=O) groups excluding carboxylic acids is 1. The maximum absolute atomic E-state index is 12.5. The standard InChI is InChI=1S/C16H11ClN4O3/c1-2-24-16(23)13-12(9-3-5-10(17)6-4-9)11(7-18)15(22)21-14(13)19-8-20-21/h3-6,8H,2H2,1H3,(H,19,20). The normalized spacial score (nSPS) is 10.5. The molecular formula is C16H11ClN4O3. The summed E-state index contributed by atoms with van der Waals surface area (Å²) in [6.45, 7) is 1.82. The van der Waals surface area contributed by atoms with Crippen LogP contribution in [0.15, 0.2) is 35.4 Å². The van der Waals surface area contributed by atoms with Crippen LogP contribution in [0.4, 0.5) is 0 Å². The number of aromatic nitrogens is 3. The van der Waals surface area contributed by atoms with Crippen molar-refractivity contribution in [1.82, 2.24) is 14.6 Å². The fourth-order valence-corrected chi connectivity index (χ4v) is 2.58. The summed E-state index contributed by atoms with van der Waals surface area (Å²) in [5, 5.41) is 12.6. The Kier molecular flexibility index (Phi) is 4.06. The van der Waals surface area contributed by atoms with Crippen molar-refractivity contribution >= 4 is 23.2 Å². The van der Waals surface area contributed by atoms with Gasteiger partial charge in [0.1, 0.15) is 23.5 Å². The van der Waals surface area contributed by atoms with Gasteiger partial charge in [-0.15, -0.1) is 0 Å². The fraction of sp³-hybridized carbons (Fsp3) is 0.125. The van der Waals surface area contributed by atoms with Crippen LogP contribution in [0.2, 0.25) is 5.02 Å². The molecule has 0 radical (unpaired) electrons. The van der Waals surface area contributed by atoms with E-state index in [1.807, 2.05) is 6.07 Å². The summed E-state index contributed by atoms with van der Waals surface area (Å²) in [6, 6.07) is 8.35. The molecule has 7 nitrogen and oxygen atoms in total. The molecule has 0 aliphatic rings. The molecule has 0 atom stereocenters. The van der Waals surface area contributed by atoms with Gasteiger partial charge in [-0.2, -0.15) is 9.78 Å². The second kappa shape index (κ2) is 6.18. The van der Waals surface area contributed by atoms with Gasteiger partial charge < -0.3 is 4.74 Å². The Bertz CT molecular complexity index is 1030. The number of benzene rings is 1. The molecule has 0 unspecified atom stereocenters. The summed E-state index contributed by atoms with van der Waals surface area (Å²) < 4.78 is 6.13. The number of ether oxygens (including phenoxy) is 1. The molecule has 24 heavy (non-hydrogen) atoms. The lowest BCUT2D eigenvalue weighted by molar-refractivity contribution is 0.0528. The number of aromatic amines is 1. The maximum Gasteiger partial charge on any atom is 0.342 e. The van der Waals surface area contributed by atoms with Crippen molar-refractivity contribution in [3.8, 4) is 17.2 Å². The van der Waals surface area contributed by atoms with Crippen LogP contribution in [0.3, 0.4) is 0 Å². The minimum atomic E-state index is -0.663. The van der Waals surface area contributed by atoms with Crippen LogP contribution in [0.5, 0.6) is 0 Å². The highest BCUT2D eigenvalue weighted by molar-refractivity contribution is 6.30. The van der Waals surface area contributed by atoms with Gasteiger partial charge in [-0.3, -0.25) is 9.89 Å². The van der Waals surface area contributed by atoms with Crippen molar-refractivity contribution in [1.29, 1.82) is 5.26 Å². The Balaban J connectivity index is 2.47. The van der Waals surface area contributed by atoms with Crippen LogP contribution in [0.25, 0.3) is 16.8 Å². The van der Waals surface area contributed by atoms with Crippen LogP contribution < -0.4 is 5.56 Å². The molecule has 0 aliphatic heterocycles. The molecule has 0 saturated heterocycles. The first kappa shape index (κ1) is 15.8. The Morgan fingerprint density at radius 3 is 2.75 bits per heavy atom. The average molecular weight is 343 g/mol. The van der Waals surface area contributed by atoms with E-state index in [9.17, 15) is 14.9 Å². The van der Waals surface area contributed by atoms with Crippen LogP contribution in [0, 0.1) is 11.3 Å². The number of nitrogens with zero attached hydrogens (tertiary/aromatic N) is 3. The Morgan fingerprint density at radius 2 is 2.12 bits per heavy atom. The molecule has 3 aromatic rings. The Labute approximate surface area is 141 Å². The van der Waals surface area contributed by atoms with E-state index in [0.29, 0.717) is 10.6 Å². The van der Waals surface area contributed by atoms with Crippen molar-refractivity contribution in [2.45, 2.75) is 6.92 Å². The van der Waals surface area contributed by atoms with E-state index in [2.05, 4.69) is 10.1 Å².